The molecule has 3 rings (SSSR count). The van der Waals surface area contributed by atoms with Gasteiger partial charge in [0.2, 0.25) is 0 Å². The number of hydrogen-bond donors (Lipinski definition) is 1. The lowest BCUT2D eigenvalue weighted by atomic mass is 10.1. The number of ether oxygens (including phenoxy) is 3. The quantitative estimate of drug-likeness (QED) is 0.722. The van der Waals surface area contributed by atoms with Crippen molar-refractivity contribution in [3.8, 4) is 0 Å². The number of amides is 1. The van der Waals surface area contributed by atoms with Gasteiger partial charge in [0, 0.05) is 19.7 Å². The Morgan fingerprint density at radius 3 is 2.71 bits per heavy atom. The minimum atomic E-state index is -0.612. The van der Waals surface area contributed by atoms with Crippen LogP contribution in [0.3, 0.4) is 0 Å². The van der Waals surface area contributed by atoms with E-state index in [4.69, 9.17) is 14.2 Å². The van der Waals surface area contributed by atoms with Crippen LogP contribution in [0.25, 0.3) is 0 Å². The lowest BCUT2D eigenvalue weighted by Gasteiger charge is -2.25. The van der Waals surface area contributed by atoms with Crippen molar-refractivity contribution < 1.29 is 23.8 Å². The number of benzene rings is 1. The van der Waals surface area contributed by atoms with Crippen molar-refractivity contribution in [1.82, 2.24) is 0 Å². The topological polar surface area (TPSA) is 77.1 Å². The number of anilines is 2. The van der Waals surface area contributed by atoms with Crippen LogP contribution in [0.2, 0.25) is 0 Å². The van der Waals surface area contributed by atoms with Gasteiger partial charge in [-0.25, -0.2) is 4.79 Å². The van der Waals surface area contributed by atoms with E-state index in [0.29, 0.717) is 17.9 Å². The van der Waals surface area contributed by atoms with Gasteiger partial charge >= 0.3 is 5.97 Å². The second kappa shape index (κ2) is 9.89. The molecule has 2 fully saturated rings. The summed E-state index contributed by atoms with van der Waals surface area (Å²) >= 11 is 0. The van der Waals surface area contributed by atoms with Crippen molar-refractivity contribution in [1.29, 1.82) is 0 Å². The van der Waals surface area contributed by atoms with Crippen molar-refractivity contribution in [2.45, 2.75) is 51.2 Å². The van der Waals surface area contributed by atoms with E-state index < -0.39 is 12.1 Å². The molecule has 2 unspecified atom stereocenters. The summed E-state index contributed by atoms with van der Waals surface area (Å²) in [6, 6.07) is 5.28. The van der Waals surface area contributed by atoms with Crippen LogP contribution in [0.15, 0.2) is 18.2 Å². The average molecular weight is 390 g/mol. The molecular formula is C21H30N2O5. The third kappa shape index (κ3) is 5.23. The van der Waals surface area contributed by atoms with Crippen LogP contribution in [-0.2, 0) is 19.0 Å². The highest BCUT2D eigenvalue weighted by Gasteiger charge is 2.22. The van der Waals surface area contributed by atoms with E-state index in [2.05, 4.69) is 10.2 Å². The van der Waals surface area contributed by atoms with E-state index >= 15 is 0 Å². The molecule has 7 nitrogen and oxygen atoms in total. The zero-order valence-corrected chi connectivity index (χ0v) is 16.7. The molecule has 0 bridgehead atoms. The fourth-order valence-corrected chi connectivity index (χ4v) is 3.62. The maximum atomic E-state index is 12.7. The van der Waals surface area contributed by atoms with Gasteiger partial charge in [0.25, 0.3) is 5.91 Å². The molecule has 0 aromatic heterocycles. The molecule has 1 amide bonds. The van der Waals surface area contributed by atoms with Gasteiger partial charge in [-0.05, 0) is 57.2 Å². The first-order valence-corrected chi connectivity index (χ1v) is 10.1. The van der Waals surface area contributed by atoms with Gasteiger partial charge in [-0.1, -0.05) is 0 Å². The standard InChI is InChI=1S/C21H30N2O5/c1-15(28-14-17-7-3-6-12-27-17)20(24)22-18-13-16(21(25)26-2)8-9-19(18)23-10-4-5-11-23/h8-9,13,15,17H,3-7,10-12,14H2,1-2H3,(H,22,24). The van der Waals surface area contributed by atoms with Gasteiger partial charge in [-0.15, -0.1) is 0 Å². The lowest BCUT2D eigenvalue weighted by molar-refractivity contribution is -0.130. The minimum Gasteiger partial charge on any atom is -0.465 e. The van der Waals surface area contributed by atoms with E-state index in [1.54, 1.807) is 19.1 Å². The van der Waals surface area contributed by atoms with Crippen LogP contribution < -0.4 is 10.2 Å². The largest absolute Gasteiger partial charge is 0.465 e. The van der Waals surface area contributed by atoms with Crippen molar-refractivity contribution in [3.05, 3.63) is 23.8 Å². The van der Waals surface area contributed by atoms with Crippen LogP contribution in [0.4, 0.5) is 11.4 Å². The van der Waals surface area contributed by atoms with Gasteiger partial charge in [0.15, 0.2) is 0 Å². The molecule has 2 aliphatic rings. The number of carbonyl (C=O) groups excluding carboxylic acids is 2. The van der Waals surface area contributed by atoms with Crippen LogP contribution in [-0.4, -0.2) is 57.5 Å². The Morgan fingerprint density at radius 1 is 1.25 bits per heavy atom. The third-order valence-corrected chi connectivity index (χ3v) is 5.30. The van der Waals surface area contributed by atoms with Gasteiger partial charge in [0.05, 0.1) is 36.8 Å². The summed E-state index contributed by atoms with van der Waals surface area (Å²) in [6.45, 7) is 4.78. The zero-order valence-electron chi connectivity index (χ0n) is 16.7. The summed E-state index contributed by atoms with van der Waals surface area (Å²) in [4.78, 5) is 26.8. The molecule has 0 spiro atoms. The molecule has 1 aromatic carbocycles. The fraction of sp³-hybridized carbons (Fsp3) is 0.619. The fourth-order valence-electron chi connectivity index (χ4n) is 3.62. The SMILES string of the molecule is COC(=O)c1ccc(N2CCCC2)c(NC(=O)C(C)OCC2CCCCO2)c1. The highest BCUT2D eigenvalue weighted by atomic mass is 16.5. The second-order valence-electron chi connectivity index (χ2n) is 7.37. The smallest absolute Gasteiger partial charge is 0.337 e. The van der Waals surface area contributed by atoms with Crippen LogP contribution in [0.5, 0.6) is 0 Å². The predicted octanol–water partition coefficient (Wildman–Crippen LogP) is 2.99. The third-order valence-electron chi connectivity index (χ3n) is 5.30. The van der Waals surface area contributed by atoms with Crippen molar-refractivity contribution >= 4 is 23.3 Å². The molecule has 0 aliphatic carbocycles. The number of nitrogens with one attached hydrogen (secondary N) is 1. The van der Waals surface area contributed by atoms with Crippen LogP contribution in [0, 0.1) is 0 Å². The van der Waals surface area contributed by atoms with E-state index in [-0.39, 0.29) is 12.0 Å². The Bertz CT molecular complexity index is 681. The van der Waals surface area contributed by atoms with E-state index in [0.717, 1.165) is 57.5 Å². The maximum Gasteiger partial charge on any atom is 0.337 e. The van der Waals surface area contributed by atoms with Gasteiger partial charge < -0.3 is 24.4 Å². The molecular weight excluding hydrogens is 360 g/mol. The van der Waals surface area contributed by atoms with Crippen LogP contribution >= 0.6 is 0 Å². The summed E-state index contributed by atoms with van der Waals surface area (Å²) in [7, 11) is 1.35. The molecule has 2 saturated heterocycles. The Morgan fingerprint density at radius 2 is 2.04 bits per heavy atom. The summed E-state index contributed by atoms with van der Waals surface area (Å²) in [6.07, 6.45) is 4.87. The minimum absolute atomic E-state index is 0.0619. The van der Waals surface area contributed by atoms with Crippen molar-refractivity contribution in [3.63, 3.8) is 0 Å². The molecule has 0 saturated carbocycles. The number of hydrogen-bond acceptors (Lipinski definition) is 6. The number of carbonyl (C=O) groups is 2. The number of esters is 1. The molecule has 2 atom stereocenters. The summed E-state index contributed by atoms with van der Waals surface area (Å²) in [5.74, 6) is -0.666. The average Bonchev–Trinajstić information content (AvgIpc) is 3.26. The van der Waals surface area contributed by atoms with E-state index in [1.165, 1.54) is 7.11 Å². The molecule has 2 aliphatic heterocycles. The number of nitrogens with zero attached hydrogens (tertiary/aromatic N) is 1. The van der Waals surface area contributed by atoms with Crippen LogP contribution in [0.1, 0.15) is 49.4 Å². The van der Waals surface area contributed by atoms with E-state index in [1.807, 2.05) is 6.07 Å². The van der Waals surface area contributed by atoms with Gasteiger partial charge in [0.1, 0.15) is 6.10 Å². The normalized spacial score (nSPS) is 20.6. The number of methoxy groups -OCH3 is 1. The first-order valence-electron chi connectivity index (χ1n) is 10.1. The number of rotatable bonds is 7. The highest BCUT2D eigenvalue weighted by Crippen LogP contribution is 2.30. The Labute approximate surface area is 166 Å². The molecule has 28 heavy (non-hydrogen) atoms. The summed E-state index contributed by atoms with van der Waals surface area (Å²) in [5.41, 5.74) is 1.94. The Balaban J connectivity index is 1.67. The zero-order chi connectivity index (χ0) is 19.9. The molecule has 154 valence electrons. The summed E-state index contributed by atoms with van der Waals surface area (Å²) in [5, 5.41) is 2.94. The molecule has 1 N–H and O–H groups in total. The van der Waals surface area contributed by atoms with Gasteiger partial charge in [-0.2, -0.15) is 0 Å². The van der Waals surface area contributed by atoms with Crippen molar-refractivity contribution in [2.75, 3.05) is 43.6 Å². The monoisotopic (exact) mass is 390 g/mol. The first-order chi connectivity index (χ1) is 13.6. The predicted molar refractivity (Wildman–Crippen MR) is 107 cm³/mol. The van der Waals surface area contributed by atoms with Crippen molar-refractivity contribution in [2.24, 2.45) is 0 Å². The Hall–Kier alpha value is -2.12. The Kier molecular flexibility index (Phi) is 7.28. The van der Waals surface area contributed by atoms with Gasteiger partial charge in [-0.3, -0.25) is 4.79 Å². The maximum absolute atomic E-state index is 12.7. The molecule has 7 heteroatoms. The molecule has 1 aromatic rings. The van der Waals surface area contributed by atoms with E-state index in [9.17, 15) is 9.59 Å². The summed E-state index contributed by atoms with van der Waals surface area (Å²) < 4.78 is 16.2. The highest BCUT2D eigenvalue weighted by molar-refractivity contribution is 5.99. The lowest BCUT2D eigenvalue weighted by Crippen LogP contribution is -2.33. The second-order valence-corrected chi connectivity index (χ2v) is 7.37. The molecule has 2 heterocycles. The first kappa shape index (κ1) is 20.6. The molecule has 0 radical (unpaired) electrons.